The molecular formula is C17H22O3S. The van der Waals surface area contributed by atoms with Crippen molar-refractivity contribution in [2.75, 3.05) is 12.4 Å². The maximum Gasteiger partial charge on any atom is 0.182 e. The number of allylic oxidation sites excluding steroid dienone is 4. The maximum absolute atomic E-state index is 12.2. The first-order valence-electron chi connectivity index (χ1n) is 6.76. The Hall–Kier alpha value is -1.65. The fourth-order valence-electron chi connectivity index (χ4n) is 1.75. The molecule has 0 atom stereocenters. The van der Waals surface area contributed by atoms with Crippen LogP contribution in [-0.4, -0.2) is 25.9 Å². The molecular weight excluding hydrogens is 284 g/mol. The van der Waals surface area contributed by atoms with Crippen molar-refractivity contribution in [3.63, 3.8) is 0 Å². The molecule has 1 aromatic rings. The second-order valence-corrected chi connectivity index (χ2v) is 7.06. The van der Waals surface area contributed by atoms with Crippen LogP contribution in [0.1, 0.15) is 19.4 Å². The molecule has 4 heteroatoms. The van der Waals surface area contributed by atoms with Gasteiger partial charge >= 0.3 is 0 Å². The normalized spacial score (nSPS) is 13.9. The van der Waals surface area contributed by atoms with Crippen LogP contribution in [0, 0.1) is 6.92 Å². The molecule has 0 bridgehead atoms. The van der Waals surface area contributed by atoms with Crippen molar-refractivity contribution in [2.24, 2.45) is 0 Å². The molecule has 1 N–H and O–H groups in total. The first kappa shape index (κ1) is 17.4. The van der Waals surface area contributed by atoms with Crippen molar-refractivity contribution >= 4 is 9.84 Å². The highest BCUT2D eigenvalue weighted by Gasteiger charge is 2.14. The quantitative estimate of drug-likeness (QED) is 0.821. The van der Waals surface area contributed by atoms with Crippen LogP contribution in [0.3, 0.4) is 0 Å². The third kappa shape index (κ3) is 6.10. The van der Waals surface area contributed by atoms with Gasteiger partial charge in [-0.3, -0.25) is 0 Å². The number of aliphatic hydroxyl groups excluding tert-OH is 1. The number of aryl methyl sites for hydroxylation is 1. The van der Waals surface area contributed by atoms with Crippen LogP contribution >= 0.6 is 0 Å². The predicted molar refractivity (Wildman–Crippen MR) is 87.0 cm³/mol. The lowest BCUT2D eigenvalue weighted by Crippen LogP contribution is -2.07. The monoisotopic (exact) mass is 306 g/mol. The van der Waals surface area contributed by atoms with Crippen molar-refractivity contribution in [3.05, 3.63) is 65.3 Å². The Balaban J connectivity index is 2.79. The standard InChI is InChI=1S/C17H22O3S/c1-14(11-12-18)5-4-6-16(3)13-21(19,20)17-9-7-15(2)8-10-17/h4-11,18H,12-13H2,1-3H3/b5-4+,14-11+,16-6+. The Morgan fingerprint density at radius 1 is 1.19 bits per heavy atom. The van der Waals surface area contributed by atoms with Gasteiger partial charge in [-0.2, -0.15) is 0 Å². The minimum absolute atomic E-state index is 0.000668. The van der Waals surface area contributed by atoms with Gasteiger partial charge in [-0.25, -0.2) is 8.42 Å². The Morgan fingerprint density at radius 3 is 2.38 bits per heavy atom. The summed E-state index contributed by atoms with van der Waals surface area (Å²) < 4.78 is 24.5. The molecule has 0 aliphatic rings. The first-order chi connectivity index (χ1) is 9.85. The zero-order chi connectivity index (χ0) is 15.9. The fraction of sp³-hybridized carbons (Fsp3) is 0.294. The molecule has 0 saturated carbocycles. The average molecular weight is 306 g/mol. The molecule has 114 valence electrons. The molecule has 0 amide bonds. The van der Waals surface area contributed by atoms with Gasteiger partial charge in [-0.1, -0.05) is 53.1 Å². The number of rotatable bonds is 6. The summed E-state index contributed by atoms with van der Waals surface area (Å²) in [5.74, 6) is 0.00314. The second kappa shape index (κ2) is 7.96. The Morgan fingerprint density at radius 2 is 1.81 bits per heavy atom. The molecule has 0 radical (unpaired) electrons. The second-order valence-electron chi connectivity index (χ2n) is 5.07. The Kier molecular flexibility index (Phi) is 6.59. The number of aliphatic hydroxyl groups is 1. The van der Waals surface area contributed by atoms with Crippen LogP contribution in [-0.2, 0) is 9.84 Å². The summed E-state index contributed by atoms with van der Waals surface area (Å²) in [6, 6.07) is 6.88. The van der Waals surface area contributed by atoms with E-state index < -0.39 is 9.84 Å². The van der Waals surface area contributed by atoms with Crippen LogP contribution in [0.25, 0.3) is 0 Å². The van der Waals surface area contributed by atoms with E-state index in [2.05, 4.69) is 0 Å². The smallest absolute Gasteiger partial charge is 0.182 e. The molecule has 1 rings (SSSR count). The van der Waals surface area contributed by atoms with Gasteiger partial charge < -0.3 is 5.11 Å². The molecule has 0 heterocycles. The van der Waals surface area contributed by atoms with Crippen molar-refractivity contribution in [1.29, 1.82) is 0 Å². The van der Waals surface area contributed by atoms with Gasteiger partial charge in [0.25, 0.3) is 0 Å². The van der Waals surface area contributed by atoms with Gasteiger partial charge in [0.15, 0.2) is 9.84 Å². The van der Waals surface area contributed by atoms with Crippen molar-refractivity contribution in [1.82, 2.24) is 0 Å². The minimum atomic E-state index is -3.29. The van der Waals surface area contributed by atoms with E-state index in [-0.39, 0.29) is 12.4 Å². The summed E-state index contributed by atoms with van der Waals surface area (Å²) >= 11 is 0. The van der Waals surface area contributed by atoms with Gasteiger partial charge in [0.2, 0.25) is 0 Å². The Labute approximate surface area is 127 Å². The molecule has 3 nitrogen and oxygen atoms in total. The zero-order valence-corrected chi connectivity index (χ0v) is 13.5. The minimum Gasteiger partial charge on any atom is -0.392 e. The van der Waals surface area contributed by atoms with Gasteiger partial charge in [-0.15, -0.1) is 0 Å². The highest BCUT2D eigenvalue weighted by atomic mass is 32.2. The van der Waals surface area contributed by atoms with E-state index in [0.29, 0.717) is 4.90 Å². The van der Waals surface area contributed by atoms with Gasteiger partial charge in [0, 0.05) is 0 Å². The van der Waals surface area contributed by atoms with Crippen LogP contribution in [0.5, 0.6) is 0 Å². The topological polar surface area (TPSA) is 54.4 Å². The number of benzene rings is 1. The summed E-state index contributed by atoms with van der Waals surface area (Å²) in [5, 5.41) is 8.74. The van der Waals surface area contributed by atoms with E-state index in [4.69, 9.17) is 5.11 Å². The van der Waals surface area contributed by atoms with Crippen LogP contribution in [0.15, 0.2) is 64.6 Å². The Bertz CT molecular complexity index is 648. The molecule has 0 aromatic heterocycles. The van der Waals surface area contributed by atoms with Crippen molar-refractivity contribution < 1.29 is 13.5 Å². The molecule has 21 heavy (non-hydrogen) atoms. The number of hydrogen-bond donors (Lipinski definition) is 1. The van der Waals surface area contributed by atoms with E-state index in [1.165, 1.54) is 0 Å². The van der Waals surface area contributed by atoms with Crippen LogP contribution < -0.4 is 0 Å². The molecule has 0 spiro atoms. The average Bonchev–Trinajstić information content (AvgIpc) is 2.38. The molecule has 1 aromatic carbocycles. The summed E-state index contributed by atoms with van der Waals surface area (Å²) in [7, 11) is -3.29. The van der Waals surface area contributed by atoms with Gasteiger partial charge in [0.05, 0.1) is 17.3 Å². The zero-order valence-electron chi connectivity index (χ0n) is 12.7. The summed E-state index contributed by atoms with van der Waals surface area (Å²) in [5.41, 5.74) is 2.74. The van der Waals surface area contributed by atoms with Crippen molar-refractivity contribution in [2.45, 2.75) is 25.7 Å². The van der Waals surface area contributed by atoms with E-state index in [1.807, 2.05) is 19.9 Å². The van der Waals surface area contributed by atoms with E-state index >= 15 is 0 Å². The number of sulfone groups is 1. The lowest BCUT2D eigenvalue weighted by Gasteiger charge is -2.05. The summed E-state index contributed by atoms with van der Waals surface area (Å²) in [6.07, 6.45) is 7.09. The summed E-state index contributed by atoms with van der Waals surface area (Å²) in [4.78, 5) is 0.348. The van der Waals surface area contributed by atoms with E-state index in [0.717, 1.165) is 16.7 Å². The van der Waals surface area contributed by atoms with Crippen molar-refractivity contribution in [3.8, 4) is 0 Å². The molecule has 0 aliphatic heterocycles. The maximum atomic E-state index is 12.2. The highest BCUT2D eigenvalue weighted by Crippen LogP contribution is 2.14. The molecule has 0 aliphatic carbocycles. The number of hydrogen-bond acceptors (Lipinski definition) is 3. The van der Waals surface area contributed by atoms with Gasteiger partial charge in [0.1, 0.15) is 0 Å². The third-order valence-electron chi connectivity index (χ3n) is 2.95. The molecule has 0 saturated heterocycles. The van der Waals surface area contributed by atoms with Gasteiger partial charge in [-0.05, 0) is 32.9 Å². The van der Waals surface area contributed by atoms with E-state index in [9.17, 15) is 8.42 Å². The summed E-state index contributed by atoms with van der Waals surface area (Å²) in [6.45, 7) is 5.59. The predicted octanol–water partition coefficient (Wildman–Crippen LogP) is 3.21. The lowest BCUT2D eigenvalue weighted by molar-refractivity contribution is 0.342. The molecule has 0 unspecified atom stereocenters. The fourth-order valence-corrected chi connectivity index (χ4v) is 3.17. The largest absolute Gasteiger partial charge is 0.392 e. The highest BCUT2D eigenvalue weighted by molar-refractivity contribution is 7.91. The third-order valence-corrected chi connectivity index (χ3v) is 4.78. The SMILES string of the molecule is CC(/C=C/C=C(\C)CS(=O)(=O)c1ccc(C)cc1)=C\CO. The van der Waals surface area contributed by atoms with Crippen LogP contribution in [0.2, 0.25) is 0 Å². The van der Waals surface area contributed by atoms with Crippen LogP contribution in [0.4, 0.5) is 0 Å². The molecule has 0 fully saturated rings. The van der Waals surface area contributed by atoms with E-state index in [1.54, 1.807) is 49.4 Å². The first-order valence-corrected chi connectivity index (χ1v) is 8.41. The lowest BCUT2D eigenvalue weighted by atomic mass is 10.2.